The second kappa shape index (κ2) is 10.2. The first kappa shape index (κ1) is 24.3. The average molecular weight is 481 g/mol. The number of benzene rings is 2. The summed E-state index contributed by atoms with van der Waals surface area (Å²) in [5.74, 6) is 0.252. The molecule has 184 valence electrons. The van der Waals surface area contributed by atoms with Gasteiger partial charge in [0.25, 0.3) is 5.91 Å². The largest absolute Gasteiger partial charge is 0.522 e. The summed E-state index contributed by atoms with van der Waals surface area (Å²) in [5, 5.41) is 0. The van der Waals surface area contributed by atoms with Crippen molar-refractivity contribution in [1.82, 2.24) is 4.90 Å². The van der Waals surface area contributed by atoms with Crippen LogP contribution in [0.5, 0.6) is 11.5 Å². The van der Waals surface area contributed by atoms with Crippen LogP contribution in [-0.2, 0) is 19.8 Å². The van der Waals surface area contributed by atoms with Gasteiger partial charge in [-0.15, -0.1) is 13.2 Å². The van der Waals surface area contributed by atoms with Crippen molar-refractivity contribution < 1.29 is 41.7 Å². The number of nitrogens with zero attached hydrogens (tertiary/aromatic N) is 1. The monoisotopic (exact) mass is 481 g/mol. The number of piperidine rings is 1. The van der Waals surface area contributed by atoms with Crippen LogP contribution in [0, 0.1) is 0 Å². The smallest absolute Gasteiger partial charge is 0.493 e. The van der Waals surface area contributed by atoms with Crippen molar-refractivity contribution in [1.29, 1.82) is 0 Å². The van der Waals surface area contributed by atoms with Gasteiger partial charge in [-0.05, 0) is 23.8 Å². The standard InChI is InChI=1S/C24H26F3NO6/c1-30-20-15-17(7-8-19(20)31-11-14-34-24(25,26)27)22(29)28-10-9-23(18-5-3-2-4-6-18)21(16-28)32-12-13-33-23/h2-8,15,21H,9-14,16H2,1H3/t21?,23-/m1/s1. The maximum absolute atomic E-state index is 13.3. The Morgan fingerprint density at radius 1 is 1.12 bits per heavy atom. The van der Waals surface area contributed by atoms with Gasteiger partial charge in [0.2, 0.25) is 0 Å². The predicted molar refractivity (Wildman–Crippen MR) is 115 cm³/mol. The number of ether oxygens (including phenoxy) is 5. The molecular weight excluding hydrogens is 455 g/mol. The number of rotatable bonds is 7. The molecule has 0 bridgehead atoms. The summed E-state index contributed by atoms with van der Waals surface area (Å²) in [4.78, 5) is 15.0. The Morgan fingerprint density at radius 2 is 1.91 bits per heavy atom. The topological polar surface area (TPSA) is 66.5 Å². The van der Waals surface area contributed by atoms with Crippen molar-refractivity contribution in [3.63, 3.8) is 0 Å². The van der Waals surface area contributed by atoms with E-state index in [2.05, 4.69) is 4.74 Å². The number of methoxy groups -OCH3 is 1. The van der Waals surface area contributed by atoms with E-state index in [-0.39, 0.29) is 30.1 Å². The van der Waals surface area contributed by atoms with Gasteiger partial charge in [-0.1, -0.05) is 30.3 Å². The molecular formula is C24H26F3NO6. The van der Waals surface area contributed by atoms with E-state index in [0.717, 1.165) is 5.56 Å². The fraction of sp³-hybridized carbons (Fsp3) is 0.458. The molecule has 0 spiro atoms. The Labute approximate surface area is 195 Å². The van der Waals surface area contributed by atoms with Crippen LogP contribution in [0.3, 0.4) is 0 Å². The highest BCUT2D eigenvalue weighted by Crippen LogP contribution is 2.41. The van der Waals surface area contributed by atoms with Crippen LogP contribution < -0.4 is 9.47 Å². The number of hydrogen-bond acceptors (Lipinski definition) is 6. The molecule has 0 aliphatic carbocycles. The molecule has 1 amide bonds. The maximum atomic E-state index is 13.3. The Hall–Kier alpha value is -2.82. The molecule has 2 saturated heterocycles. The minimum Gasteiger partial charge on any atom is -0.493 e. The van der Waals surface area contributed by atoms with E-state index in [9.17, 15) is 18.0 Å². The lowest BCUT2D eigenvalue weighted by atomic mass is 9.81. The predicted octanol–water partition coefficient (Wildman–Crippen LogP) is 3.77. The zero-order valence-corrected chi connectivity index (χ0v) is 18.7. The highest BCUT2D eigenvalue weighted by Gasteiger charge is 2.49. The molecule has 0 radical (unpaired) electrons. The van der Waals surface area contributed by atoms with Gasteiger partial charge in [-0.2, -0.15) is 0 Å². The second-order valence-electron chi connectivity index (χ2n) is 7.97. The number of carbonyl (C=O) groups excluding carboxylic acids is 1. The summed E-state index contributed by atoms with van der Waals surface area (Å²) >= 11 is 0. The third-order valence-corrected chi connectivity index (χ3v) is 5.99. The number of carbonyl (C=O) groups is 1. The Morgan fingerprint density at radius 3 is 2.65 bits per heavy atom. The molecule has 2 aliphatic heterocycles. The molecule has 0 aromatic heterocycles. The molecule has 2 atom stereocenters. The van der Waals surface area contributed by atoms with Crippen molar-refractivity contribution in [2.45, 2.75) is 24.5 Å². The number of halogens is 3. The number of likely N-dealkylation sites (tertiary alicyclic amines) is 1. The summed E-state index contributed by atoms with van der Waals surface area (Å²) in [6, 6.07) is 14.5. The van der Waals surface area contributed by atoms with E-state index in [1.54, 1.807) is 11.0 Å². The average Bonchev–Trinajstić information content (AvgIpc) is 2.85. The Kier molecular flexibility index (Phi) is 7.30. The van der Waals surface area contributed by atoms with E-state index in [1.165, 1.54) is 19.2 Å². The molecule has 4 rings (SSSR count). The lowest BCUT2D eigenvalue weighted by Crippen LogP contribution is -2.59. The first-order chi connectivity index (χ1) is 16.3. The van der Waals surface area contributed by atoms with E-state index in [4.69, 9.17) is 18.9 Å². The Bertz CT molecular complexity index is 986. The van der Waals surface area contributed by atoms with Crippen molar-refractivity contribution in [3.8, 4) is 11.5 Å². The summed E-state index contributed by atoms with van der Waals surface area (Å²) < 4.78 is 62.9. The van der Waals surface area contributed by atoms with Gasteiger partial charge in [0.1, 0.15) is 18.3 Å². The van der Waals surface area contributed by atoms with Crippen LogP contribution >= 0.6 is 0 Å². The van der Waals surface area contributed by atoms with Crippen molar-refractivity contribution in [2.24, 2.45) is 0 Å². The van der Waals surface area contributed by atoms with E-state index < -0.39 is 18.6 Å². The molecule has 34 heavy (non-hydrogen) atoms. The quantitative estimate of drug-likeness (QED) is 0.561. The molecule has 7 nitrogen and oxygen atoms in total. The molecule has 2 heterocycles. The number of hydrogen-bond donors (Lipinski definition) is 0. The SMILES string of the molecule is COc1cc(C(=O)N2CC[C@]3(c4ccccc4)OCCOC3C2)ccc1OCCOC(F)(F)F. The van der Waals surface area contributed by atoms with Crippen molar-refractivity contribution in [3.05, 3.63) is 59.7 Å². The second-order valence-corrected chi connectivity index (χ2v) is 7.97. The Balaban J connectivity index is 1.44. The van der Waals surface area contributed by atoms with Gasteiger partial charge in [0.15, 0.2) is 11.5 Å². The van der Waals surface area contributed by atoms with E-state index in [0.29, 0.717) is 38.3 Å². The van der Waals surface area contributed by atoms with E-state index in [1.807, 2.05) is 30.3 Å². The molecule has 1 unspecified atom stereocenters. The fourth-order valence-corrected chi connectivity index (χ4v) is 4.40. The van der Waals surface area contributed by atoms with Gasteiger partial charge in [0, 0.05) is 18.5 Å². The zero-order chi connectivity index (χ0) is 24.2. The highest BCUT2D eigenvalue weighted by molar-refractivity contribution is 5.95. The van der Waals surface area contributed by atoms with Crippen LogP contribution in [0.2, 0.25) is 0 Å². The molecule has 2 aliphatic rings. The van der Waals surface area contributed by atoms with E-state index >= 15 is 0 Å². The van der Waals surface area contributed by atoms with Crippen LogP contribution in [-0.4, -0.2) is 69.9 Å². The minimum atomic E-state index is -4.72. The van der Waals surface area contributed by atoms with Crippen LogP contribution in [0.15, 0.2) is 48.5 Å². The van der Waals surface area contributed by atoms with Crippen LogP contribution in [0.4, 0.5) is 13.2 Å². The lowest BCUT2D eigenvalue weighted by Gasteiger charge is -2.49. The van der Waals surface area contributed by atoms with Gasteiger partial charge in [-0.3, -0.25) is 9.53 Å². The van der Waals surface area contributed by atoms with Gasteiger partial charge in [0.05, 0.1) is 33.5 Å². The van der Waals surface area contributed by atoms with Crippen molar-refractivity contribution in [2.75, 3.05) is 46.6 Å². The summed E-state index contributed by atoms with van der Waals surface area (Å²) in [6.45, 7) is 0.806. The van der Waals surface area contributed by atoms with Crippen LogP contribution in [0.1, 0.15) is 22.3 Å². The van der Waals surface area contributed by atoms with Gasteiger partial charge in [-0.25, -0.2) is 0 Å². The third kappa shape index (κ3) is 5.29. The number of amides is 1. The summed E-state index contributed by atoms with van der Waals surface area (Å²) in [7, 11) is 1.39. The number of alkyl halides is 3. The minimum absolute atomic E-state index is 0.207. The fourth-order valence-electron chi connectivity index (χ4n) is 4.40. The third-order valence-electron chi connectivity index (χ3n) is 5.99. The highest BCUT2D eigenvalue weighted by atomic mass is 19.4. The molecule has 2 aromatic carbocycles. The zero-order valence-electron chi connectivity index (χ0n) is 18.7. The first-order valence-electron chi connectivity index (χ1n) is 10.9. The maximum Gasteiger partial charge on any atom is 0.522 e. The molecule has 2 aromatic rings. The summed E-state index contributed by atoms with van der Waals surface area (Å²) in [6.07, 6.45) is -4.44. The molecule has 0 N–H and O–H groups in total. The molecule has 0 saturated carbocycles. The molecule has 10 heteroatoms. The molecule has 2 fully saturated rings. The summed E-state index contributed by atoms with van der Waals surface area (Å²) in [5.41, 5.74) is 0.814. The normalized spacial score (nSPS) is 22.7. The number of fused-ring (bicyclic) bond motifs is 1. The van der Waals surface area contributed by atoms with Gasteiger partial charge < -0.3 is 23.8 Å². The van der Waals surface area contributed by atoms with Crippen LogP contribution in [0.25, 0.3) is 0 Å². The van der Waals surface area contributed by atoms with Gasteiger partial charge >= 0.3 is 6.36 Å². The first-order valence-corrected chi connectivity index (χ1v) is 10.9. The van der Waals surface area contributed by atoms with Crippen molar-refractivity contribution >= 4 is 5.91 Å². The lowest BCUT2D eigenvalue weighted by molar-refractivity contribution is -0.325.